The van der Waals surface area contributed by atoms with Gasteiger partial charge in [-0.05, 0) is 54.2 Å². The van der Waals surface area contributed by atoms with Crippen molar-refractivity contribution in [2.24, 2.45) is 0 Å². The van der Waals surface area contributed by atoms with Crippen LogP contribution in [0.5, 0.6) is 0 Å². The Bertz CT molecular complexity index is 1050. The third kappa shape index (κ3) is 4.31. The average Bonchev–Trinajstić information content (AvgIpc) is 3.43. The zero-order chi connectivity index (χ0) is 21.1. The van der Waals surface area contributed by atoms with E-state index < -0.39 is 15.1 Å². The van der Waals surface area contributed by atoms with E-state index in [0.29, 0.717) is 11.5 Å². The fraction of sp³-hybridized carbons (Fsp3) is 0.417. The lowest BCUT2D eigenvalue weighted by Crippen LogP contribution is -2.19. The van der Waals surface area contributed by atoms with Crippen LogP contribution in [-0.4, -0.2) is 37.2 Å². The largest absolute Gasteiger partial charge is 0.459 e. The summed E-state index contributed by atoms with van der Waals surface area (Å²) >= 11 is 0. The molecule has 1 saturated heterocycles. The molecule has 2 aromatic rings. The molecule has 0 bridgehead atoms. The maximum absolute atomic E-state index is 12.5. The van der Waals surface area contributed by atoms with E-state index in [2.05, 4.69) is 19.1 Å². The van der Waals surface area contributed by atoms with Gasteiger partial charge in [0.2, 0.25) is 0 Å². The summed E-state index contributed by atoms with van der Waals surface area (Å²) in [4.78, 5) is 0. The Morgan fingerprint density at radius 3 is 2.70 bits per heavy atom. The molecular weight excluding hydrogens is 400 g/mol. The predicted molar refractivity (Wildman–Crippen MR) is 117 cm³/mol. The Balaban J connectivity index is 1.58. The number of fused-ring (bicyclic) bond motifs is 1. The summed E-state index contributed by atoms with van der Waals surface area (Å²) in [5.41, 5.74) is 4.27. The predicted octanol–water partition coefficient (Wildman–Crippen LogP) is 4.39. The molecule has 3 heterocycles. The highest BCUT2D eigenvalue weighted by atomic mass is 32.2. The van der Waals surface area contributed by atoms with Gasteiger partial charge in [0.15, 0.2) is 9.84 Å². The van der Waals surface area contributed by atoms with E-state index in [0.717, 1.165) is 48.0 Å². The quantitative estimate of drug-likeness (QED) is 0.631. The first-order valence-corrected chi connectivity index (χ1v) is 12.2. The van der Waals surface area contributed by atoms with Crippen molar-refractivity contribution < 1.29 is 22.7 Å². The van der Waals surface area contributed by atoms with Crippen molar-refractivity contribution in [2.45, 2.75) is 50.6 Å². The molecule has 1 aromatic carbocycles. The van der Waals surface area contributed by atoms with Crippen LogP contribution < -0.4 is 0 Å². The maximum Gasteiger partial charge on any atom is 0.163 e. The topological polar surface area (TPSA) is 76.7 Å². The number of aliphatic hydroxyl groups is 1. The summed E-state index contributed by atoms with van der Waals surface area (Å²) in [6.45, 7) is 2.23. The molecule has 0 aliphatic carbocycles. The minimum Gasteiger partial charge on any atom is -0.459 e. The van der Waals surface area contributed by atoms with E-state index in [9.17, 15) is 13.5 Å². The van der Waals surface area contributed by atoms with Crippen molar-refractivity contribution in [2.75, 3.05) is 12.4 Å². The monoisotopic (exact) mass is 428 g/mol. The molecule has 6 heteroatoms. The minimum absolute atomic E-state index is 0.130. The second-order valence-corrected chi connectivity index (χ2v) is 10.1. The fourth-order valence-electron chi connectivity index (χ4n) is 4.49. The van der Waals surface area contributed by atoms with Crippen molar-refractivity contribution in [3.8, 4) is 0 Å². The third-order valence-corrected chi connectivity index (χ3v) is 7.89. The van der Waals surface area contributed by atoms with Crippen LogP contribution in [0.1, 0.15) is 49.7 Å². The highest BCUT2D eigenvalue weighted by molar-refractivity contribution is 7.92. The van der Waals surface area contributed by atoms with Gasteiger partial charge in [-0.1, -0.05) is 49.2 Å². The van der Waals surface area contributed by atoms with Crippen molar-refractivity contribution in [3.05, 3.63) is 70.7 Å². The SMILES string of the molecule is CCCC1=C2[C@@H](CC/C(=C/c3ccc(CO)o3)c3ccccc3)OC[C@@H]2S(=O)(=O)C1. The minimum atomic E-state index is -3.12. The van der Waals surface area contributed by atoms with Crippen molar-refractivity contribution in [3.63, 3.8) is 0 Å². The second-order valence-electron chi connectivity index (χ2n) is 7.96. The number of benzene rings is 1. The van der Waals surface area contributed by atoms with Crippen LogP contribution in [0, 0.1) is 0 Å². The van der Waals surface area contributed by atoms with Crippen LogP contribution in [0.2, 0.25) is 0 Å². The number of allylic oxidation sites excluding steroid dienone is 1. The lowest BCUT2D eigenvalue weighted by atomic mass is 9.93. The first-order chi connectivity index (χ1) is 14.5. The molecule has 0 spiro atoms. The standard InChI is InChI=1S/C24H28O5S/c1-2-6-19-16-30(26,27)23-15-28-22(24(19)23)12-9-18(17-7-4-3-5-8-17)13-20-10-11-21(14-25)29-20/h3-5,7-8,10-11,13,22-23,25H,2,6,9,12,14-16H2,1H3/b18-13-/t22-,23+/m1/s1. The van der Waals surface area contributed by atoms with Crippen LogP contribution in [0.15, 0.2) is 58.0 Å². The molecule has 0 saturated carbocycles. The summed E-state index contributed by atoms with van der Waals surface area (Å²) in [6, 6.07) is 13.7. The van der Waals surface area contributed by atoms with Gasteiger partial charge in [0.05, 0.1) is 18.5 Å². The van der Waals surface area contributed by atoms with Crippen molar-refractivity contribution in [1.29, 1.82) is 0 Å². The molecule has 2 atom stereocenters. The first kappa shape index (κ1) is 21.1. The first-order valence-electron chi connectivity index (χ1n) is 10.5. The smallest absolute Gasteiger partial charge is 0.163 e. The van der Waals surface area contributed by atoms with Gasteiger partial charge in [0.25, 0.3) is 0 Å². The second kappa shape index (κ2) is 8.92. The van der Waals surface area contributed by atoms with Gasteiger partial charge in [-0.2, -0.15) is 0 Å². The Kier molecular flexibility index (Phi) is 6.27. The summed E-state index contributed by atoms with van der Waals surface area (Å²) in [5, 5.41) is 8.81. The summed E-state index contributed by atoms with van der Waals surface area (Å²) in [6.07, 6.45) is 5.07. The molecule has 0 unspecified atom stereocenters. The molecule has 0 amide bonds. The van der Waals surface area contributed by atoms with Gasteiger partial charge in [-0.25, -0.2) is 8.42 Å². The fourth-order valence-corrected chi connectivity index (χ4v) is 6.48. The lowest BCUT2D eigenvalue weighted by Gasteiger charge is -2.15. The van der Waals surface area contributed by atoms with Gasteiger partial charge in [-0.15, -0.1) is 0 Å². The number of aliphatic hydroxyl groups excluding tert-OH is 1. The van der Waals surface area contributed by atoms with Crippen LogP contribution in [0.4, 0.5) is 0 Å². The summed E-state index contributed by atoms with van der Waals surface area (Å²) in [7, 11) is -3.12. The highest BCUT2D eigenvalue weighted by Gasteiger charge is 2.46. The van der Waals surface area contributed by atoms with Gasteiger partial charge < -0.3 is 14.3 Å². The van der Waals surface area contributed by atoms with Crippen molar-refractivity contribution >= 4 is 21.5 Å². The number of ether oxygens (including phenoxy) is 1. The summed E-state index contributed by atoms with van der Waals surface area (Å²) < 4.78 is 36.7. The Morgan fingerprint density at radius 1 is 1.20 bits per heavy atom. The number of rotatable bonds is 8. The molecule has 0 radical (unpaired) electrons. The molecule has 4 rings (SSSR count). The van der Waals surface area contributed by atoms with Gasteiger partial charge >= 0.3 is 0 Å². The summed E-state index contributed by atoms with van der Waals surface area (Å²) in [5.74, 6) is 1.41. The van der Waals surface area contributed by atoms with Gasteiger partial charge in [0.1, 0.15) is 23.4 Å². The zero-order valence-corrected chi connectivity index (χ0v) is 18.0. The highest BCUT2D eigenvalue weighted by Crippen LogP contribution is 2.40. The maximum atomic E-state index is 12.5. The molecule has 5 nitrogen and oxygen atoms in total. The van der Waals surface area contributed by atoms with E-state index in [4.69, 9.17) is 9.15 Å². The number of furan rings is 1. The number of sulfone groups is 1. The van der Waals surface area contributed by atoms with Crippen LogP contribution >= 0.6 is 0 Å². The van der Waals surface area contributed by atoms with Crippen LogP contribution in [0.3, 0.4) is 0 Å². The van der Waals surface area contributed by atoms with E-state index in [-0.39, 0.29) is 25.1 Å². The molecule has 2 aliphatic rings. The van der Waals surface area contributed by atoms with Crippen LogP contribution in [0.25, 0.3) is 11.6 Å². The molecule has 160 valence electrons. The Morgan fingerprint density at radius 2 is 2.00 bits per heavy atom. The zero-order valence-electron chi connectivity index (χ0n) is 17.2. The number of hydrogen-bond donors (Lipinski definition) is 1. The van der Waals surface area contributed by atoms with E-state index in [1.165, 1.54) is 0 Å². The normalized spacial score (nSPS) is 23.2. The Labute approximate surface area is 178 Å². The molecule has 2 aliphatic heterocycles. The third-order valence-electron chi connectivity index (χ3n) is 5.89. The molecule has 1 aromatic heterocycles. The molecular formula is C24H28O5S. The van der Waals surface area contributed by atoms with Gasteiger partial charge in [0, 0.05) is 0 Å². The van der Waals surface area contributed by atoms with Crippen molar-refractivity contribution in [1.82, 2.24) is 0 Å². The Hall–Kier alpha value is -2.15. The molecule has 30 heavy (non-hydrogen) atoms. The van der Waals surface area contributed by atoms with E-state index in [1.54, 1.807) is 6.07 Å². The average molecular weight is 429 g/mol. The number of hydrogen-bond acceptors (Lipinski definition) is 5. The van der Waals surface area contributed by atoms with E-state index in [1.807, 2.05) is 30.3 Å². The molecule has 1 N–H and O–H groups in total. The molecule has 1 fully saturated rings. The lowest BCUT2D eigenvalue weighted by molar-refractivity contribution is 0.118. The van der Waals surface area contributed by atoms with Gasteiger partial charge in [-0.3, -0.25) is 0 Å². The van der Waals surface area contributed by atoms with E-state index >= 15 is 0 Å². The van der Waals surface area contributed by atoms with Crippen LogP contribution in [-0.2, 0) is 21.2 Å².